The van der Waals surface area contributed by atoms with Crippen molar-refractivity contribution in [2.24, 2.45) is 5.92 Å². The van der Waals surface area contributed by atoms with E-state index >= 15 is 0 Å². The van der Waals surface area contributed by atoms with Crippen LogP contribution in [0, 0.1) is 5.92 Å². The van der Waals surface area contributed by atoms with E-state index in [0.717, 1.165) is 31.2 Å². The van der Waals surface area contributed by atoms with Crippen LogP contribution in [-0.4, -0.2) is 49.8 Å². The van der Waals surface area contributed by atoms with Gasteiger partial charge in [0.2, 0.25) is 0 Å². The predicted octanol–water partition coefficient (Wildman–Crippen LogP) is 2.02. The van der Waals surface area contributed by atoms with E-state index in [1.165, 1.54) is 64.6 Å². The lowest BCUT2D eigenvalue weighted by atomic mass is 9.97. The van der Waals surface area contributed by atoms with Gasteiger partial charge < -0.3 is 10.1 Å². The summed E-state index contributed by atoms with van der Waals surface area (Å²) in [5, 5.41) is 3.56. The molecule has 18 heavy (non-hydrogen) atoms. The summed E-state index contributed by atoms with van der Waals surface area (Å²) in [6.07, 6.45) is 9.56. The van der Waals surface area contributed by atoms with Gasteiger partial charge in [-0.3, -0.25) is 4.90 Å². The topological polar surface area (TPSA) is 24.5 Å². The van der Waals surface area contributed by atoms with Crippen molar-refractivity contribution in [3.8, 4) is 0 Å². The lowest BCUT2D eigenvalue weighted by molar-refractivity contribution is 0.112. The number of piperidine rings is 1. The van der Waals surface area contributed by atoms with Crippen LogP contribution in [-0.2, 0) is 4.74 Å². The maximum absolute atomic E-state index is 5.63. The summed E-state index contributed by atoms with van der Waals surface area (Å²) >= 11 is 0. The fourth-order valence-electron chi connectivity index (χ4n) is 3.60. The highest BCUT2D eigenvalue weighted by Crippen LogP contribution is 2.33. The molecule has 3 aliphatic rings. The van der Waals surface area contributed by atoms with E-state index in [2.05, 4.69) is 10.2 Å². The fourth-order valence-corrected chi connectivity index (χ4v) is 3.60. The molecule has 1 saturated carbocycles. The van der Waals surface area contributed by atoms with Crippen molar-refractivity contribution in [2.45, 2.75) is 57.0 Å². The first-order valence-electron chi connectivity index (χ1n) is 7.97. The number of ether oxygens (including phenoxy) is 1. The second-order valence-corrected chi connectivity index (χ2v) is 6.34. The summed E-state index contributed by atoms with van der Waals surface area (Å²) in [5.41, 5.74) is 0. The van der Waals surface area contributed by atoms with Crippen LogP contribution < -0.4 is 5.32 Å². The van der Waals surface area contributed by atoms with Gasteiger partial charge in [-0.1, -0.05) is 0 Å². The minimum absolute atomic E-state index is 0.807. The van der Waals surface area contributed by atoms with Crippen molar-refractivity contribution in [3.63, 3.8) is 0 Å². The summed E-state index contributed by atoms with van der Waals surface area (Å²) in [6, 6.07) is 1.72. The third-order valence-electron chi connectivity index (χ3n) is 4.77. The molecule has 3 nitrogen and oxygen atoms in total. The van der Waals surface area contributed by atoms with E-state index in [1.807, 2.05) is 0 Å². The van der Waals surface area contributed by atoms with Crippen molar-refractivity contribution in [1.82, 2.24) is 10.2 Å². The third kappa shape index (κ3) is 3.46. The summed E-state index contributed by atoms with van der Waals surface area (Å²) in [7, 11) is 0. The Hall–Kier alpha value is -0.120. The quantitative estimate of drug-likeness (QED) is 0.828. The maximum atomic E-state index is 5.63. The van der Waals surface area contributed by atoms with Crippen molar-refractivity contribution in [3.05, 3.63) is 0 Å². The first kappa shape index (κ1) is 12.9. The molecule has 104 valence electrons. The highest BCUT2D eigenvalue weighted by Gasteiger charge is 2.35. The number of nitrogens with one attached hydrogen (secondary N) is 1. The Bertz CT molecular complexity index is 241. The molecule has 0 spiro atoms. The molecule has 3 heteroatoms. The van der Waals surface area contributed by atoms with Gasteiger partial charge in [-0.25, -0.2) is 0 Å². The summed E-state index contributed by atoms with van der Waals surface area (Å²) in [4.78, 5) is 2.85. The molecule has 3 fully saturated rings. The van der Waals surface area contributed by atoms with Crippen LogP contribution in [0.15, 0.2) is 0 Å². The molecule has 1 N–H and O–H groups in total. The molecule has 2 atom stereocenters. The van der Waals surface area contributed by atoms with Crippen LogP contribution in [0.4, 0.5) is 0 Å². The normalized spacial score (nSPS) is 34.5. The predicted molar refractivity (Wildman–Crippen MR) is 73.8 cm³/mol. The Morgan fingerprint density at radius 3 is 2.61 bits per heavy atom. The molecule has 2 unspecified atom stereocenters. The van der Waals surface area contributed by atoms with E-state index in [9.17, 15) is 0 Å². The average Bonchev–Trinajstić information content (AvgIpc) is 3.24. The first-order chi connectivity index (χ1) is 8.93. The molecule has 1 aliphatic carbocycles. The van der Waals surface area contributed by atoms with Crippen molar-refractivity contribution in [1.29, 1.82) is 0 Å². The Labute approximate surface area is 111 Å². The minimum atomic E-state index is 0.807. The Morgan fingerprint density at radius 1 is 0.944 bits per heavy atom. The zero-order chi connectivity index (χ0) is 12.2. The second-order valence-electron chi connectivity index (χ2n) is 6.34. The van der Waals surface area contributed by atoms with E-state index in [1.54, 1.807) is 0 Å². The van der Waals surface area contributed by atoms with Crippen molar-refractivity contribution in [2.75, 3.05) is 32.8 Å². The first-order valence-corrected chi connectivity index (χ1v) is 7.97. The smallest absolute Gasteiger partial charge is 0.0480 e. The molecular formula is C15H28N2O. The summed E-state index contributed by atoms with van der Waals surface area (Å²) in [5.74, 6) is 0.892. The van der Waals surface area contributed by atoms with Crippen LogP contribution in [0.5, 0.6) is 0 Å². The summed E-state index contributed by atoms with van der Waals surface area (Å²) < 4.78 is 5.63. The number of hydrogen-bond donors (Lipinski definition) is 1. The molecule has 0 radical (unpaired) electrons. The monoisotopic (exact) mass is 252 g/mol. The maximum Gasteiger partial charge on any atom is 0.0480 e. The molecule has 0 aromatic carbocycles. The van der Waals surface area contributed by atoms with Crippen LogP contribution in [0.25, 0.3) is 0 Å². The van der Waals surface area contributed by atoms with Crippen LogP contribution in [0.3, 0.4) is 0 Å². The largest absolute Gasteiger partial charge is 0.381 e. The highest BCUT2D eigenvalue weighted by molar-refractivity contribution is 4.91. The summed E-state index contributed by atoms with van der Waals surface area (Å²) in [6.45, 7) is 5.78. The molecule has 2 aliphatic heterocycles. The van der Waals surface area contributed by atoms with Gasteiger partial charge >= 0.3 is 0 Å². The molecule has 2 heterocycles. The average molecular weight is 252 g/mol. The number of rotatable bonds is 4. The zero-order valence-electron chi connectivity index (χ0n) is 11.6. The Balaban J connectivity index is 1.56. The molecule has 3 rings (SSSR count). The Morgan fingerprint density at radius 2 is 1.83 bits per heavy atom. The lowest BCUT2D eigenvalue weighted by Crippen LogP contribution is -2.44. The third-order valence-corrected chi connectivity index (χ3v) is 4.77. The Kier molecular flexibility index (Phi) is 4.55. The second kappa shape index (κ2) is 6.36. The molecule has 0 aromatic heterocycles. The molecule has 0 aromatic rings. The number of nitrogens with zero attached hydrogens (tertiary/aromatic N) is 1. The van der Waals surface area contributed by atoms with Gasteiger partial charge in [0.05, 0.1) is 0 Å². The highest BCUT2D eigenvalue weighted by atomic mass is 16.5. The van der Waals surface area contributed by atoms with Gasteiger partial charge in [0, 0.05) is 31.8 Å². The van der Waals surface area contributed by atoms with Gasteiger partial charge in [0.15, 0.2) is 0 Å². The van der Waals surface area contributed by atoms with Gasteiger partial charge in [0.25, 0.3) is 0 Å². The van der Waals surface area contributed by atoms with Crippen molar-refractivity contribution < 1.29 is 4.74 Å². The zero-order valence-corrected chi connectivity index (χ0v) is 11.6. The standard InChI is InChI=1S/C15H28N2O/c1-3-13(11-16-8-1)12-17(15-5-6-15)14-4-2-9-18-10-7-14/h13-16H,1-12H2. The van der Waals surface area contributed by atoms with Crippen LogP contribution in [0.2, 0.25) is 0 Å². The molecule has 2 saturated heterocycles. The van der Waals surface area contributed by atoms with Gasteiger partial charge in [-0.2, -0.15) is 0 Å². The SMILES string of the molecule is C1CNCC(CN(C2CCCOCC2)C2CC2)C1. The van der Waals surface area contributed by atoms with E-state index in [-0.39, 0.29) is 0 Å². The molecule has 0 amide bonds. The molecule has 0 bridgehead atoms. The van der Waals surface area contributed by atoms with Crippen LogP contribution >= 0.6 is 0 Å². The number of hydrogen-bond acceptors (Lipinski definition) is 3. The van der Waals surface area contributed by atoms with E-state index < -0.39 is 0 Å². The minimum Gasteiger partial charge on any atom is -0.381 e. The van der Waals surface area contributed by atoms with Crippen molar-refractivity contribution >= 4 is 0 Å². The van der Waals surface area contributed by atoms with E-state index in [4.69, 9.17) is 4.74 Å². The lowest BCUT2D eigenvalue weighted by Gasteiger charge is -2.35. The van der Waals surface area contributed by atoms with Crippen LogP contribution in [0.1, 0.15) is 44.9 Å². The fraction of sp³-hybridized carbons (Fsp3) is 1.00. The van der Waals surface area contributed by atoms with E-state index in [0.29, 0.717) is 0 Å². The molecular weight excluding hydrogens is 224 g/mol. The van der Waals surface area contributed by atoms with Gasteiger partial charge in [0.1, 0.15) is 0 Å². The van der Waals surface area contributed by atoms with Gasteiger partial charge in [-0.15, -0.1) is 0 Å². The van der Waals surface area contributed by atoms with Gasteiger partial charge in [-0.05, 0) is 64.0 Å².